The van der Waals surface area contributed by atoms with E-state index >= 15 is 0 Å². The summed E-state index contributed by atoms with van der Waals surface area (Å²) < 4.78 is 6.78. The van der Waals surface area contributed by atoms with E-state index in [2.05, 4.69) is 9.97 Å². The summed E-state index contributed by atoms with van der Waals surface area (Å²) in [6.07, 6.45) is 4.90. The predicted octanol–water partition coefficient (Wildman–Crippen LogP) is 2.42. The van der Waals surface area contributed by atoms with Crippen LogP contribution in [-0.4, -0.2) is 26.6 Å². The van der Waals surface area contributed by atoms with Crippen LogP contribution in [0.4, 0.5) is 0 Å². The summed E-state index contributed by atoms with van der Waals surface area (Å²) in [4.78, 5) is 8.40. The minimum absolute atomic E-state index is 0.116. The van der Waals surface area contributed by atoms with Gasteiger partial charge in [-0.1, -0.05) is 0 Å². The molecule has 2 heterocycles. The van der Waals surface area contributed by atoms with Crippen molar-refractivity contribution in [3.63, 3.8) is 0 Å². The maximum atomic E-state index is 10.2. The van der Waals surface area contributed by atoms with Gasteiger partial charge in [0.2, 0.25) is 5.88 Å². The number of rotatable bonds is 2. The van der Waals surface area contributed by atoms with Crippen LogP contribution in [0, 0.1) is 6.92 Å². The minimum Gasteiger partial charge on any atom is -0.497 e. The number of fused-ring (bicyclic) bond motifs is 1. The normalized spacial score (nSPS) is 10.8. The summed E-state index contributed by atoms with van der Waals surface area (Å²) in [5.74, 6) is 0.900. The first-order chi connectivity index (χ1) is 9.20. The molecular weight excluding hydrogens is 242 g/mol. The first-order valence-corrected chi connectivity index (χ1v) is 5.87. The van der Waals surface area contributed by atoms with Crippen molar-refractivity contribution in [1.82, 2.24) is 14.4 Å². The average molecular weight is 255 g/mol. The van der Waals surface area contributed by atoms with E-state index in [0.717, 1.165) is 16.9 Å². The Hall–Kier alpha value is -2.56. The molecule has 0 aliphatic heterocycles. The van der Waals surface area contributed by atoms with Gasteiger partial charge in [0.15, 0.2) is 5.65 Å². The number of ether oxygens (including phenoxy) is 1. The monoisotopic (exact) mass is 255 g/mol. The maximum absolute atomic E-state index is 10.2. The molecule has 5 nitrogen and oxygen atoms in total. The zero-order valence-corrected chi connectivity index (χ0v) is 10.7. The number of imidazole rings is 1. The van der Waals surface area contributed by atoms with E-state index in [1.807, 2.05) is 25.1 Å². The summed E-state index contributed by atoms with van der Waals surface area (Å²) >= 11 is 0. The fraction of sp³-hybridized carbons (Fsp3) is 0.143. The Morgan fingerprint density at radius 3 is 2.84 bits per heavy atom. The molecule has 0 saturated heterocycles. The molecule has 0 radical (unpaired) electrons. The molecule has 0 unspecified atom stereocenters. The highest BCUT2D eigenvalue weighted by molar-refractivity contribution is 5.72. The summed E-state index contributed by atoms with van der Waals surface area (Å²) in [5.41, 5.74) is 3.03. The zero-order chi connectivity index (χ0) is 13.4. The maximum Gasteiger partial charge on any atom is 0.224 e. The van der Waals surface area contributed by atoms with Gasteiger partial charge in [-0.25, -0.2) is 4.98 Å². The average Bonchev–Trinajstić information content (AvgIpc) is 2.76. The van der Waals surface area contributed by atoms with Gasteiger partial charge in [0, 0.05) is 18.0 Å². The fourth-order valence-corrected chi connectivity index (χ4v) is 2.10. The van der Waals surface area contributed by atoms with E-state index in [9.17, 15) is 5.11 Å². The van der Waals surface area contributed by atoms with Crippen LogP contribution in [0.1, 0.15) is 5.56 Å². The van der Waals surface area contributed by atoms with Crippen LogP contribution in [-0.2, 0) is 0 Å². The Morgan fingerprint density at radius 2 is 2.16 bits per heavy atom. The number of nitrogens with zero attached hydrogens (tertiary/aromatic N) is 3. The molecule has 1 aromatic carbocycles. The topological polar surface area (TPSA) is 59.7 Å². The SMILES string of the molecule is COc1ccc(-c2nc3cnccn3c2O)c(C)c1. The van der Waals surface area contributed by atoms with E-state index in [0.29, 0.717) is 11.3 Å². The second kappa shape index (κ2) is 4.28. The largest absolute Gasteiger partial charge is 0.497 e. The summed E-state index contributed by atoms with van der Waals surface area (Å²) in [7, 11) is 1.63. The molecule has 2 aromatic heterocycles. The zero-order valence-electron chi connectivity index (χ0n) is 10.7. The van der Waals surface area contributed by atoms with Crippen molar-refractivity contribution in [3.05, 3.63) is 42.4 Å². The smallest absolute Gasteiger partial charge is 0.224 e. The molecule has 0 aliphatic carbocycles. The van der Waals surface area contributed by atoms with Crippen LogP contribution in [0.2, 0.25) is 0 Å². The number of benzene rings is 1. The molecule has 0 spiro atoms. The first kappa shape index (κ1) is 11.5. The fourth-order valence-electron chi connectivity index (χ4n) is 2.10. The lowest BCUT2D eigenvalue weighted by Crippen LogP contribution is -1.88. The van der Waals surface area contributed by atoms with Gasteiger partial charge in [0.1, 0.15) is 11.4 Å². The molecule has 19 heavy (non-hydrogen) atoms. The molecule has 0 atom stereocenters. The predicted molar refractivity (Wildman–Crippen MR) is 71.4 cm³/mol. The Balaban J connectivity index is 2.21. The van der Waals surface area contributed by atoms with E-state index in [-0.39, 0.29) is 5.88 Å². The third-order valence-corrected chi connectivity index (χ3v) is 3.09. The molecule has 0 amide bonds. The van der Waals surface area contributed by atoms with E-state index < -0.39 is 0 Å². The van der Waals surface area contributed by atoms with Gasteiger partial charge in [-0.3, -0.25) is 9.38 Å². The van der Waals surface area contributed by atoms with Crippen molar-refractivity contribution in [1.29, 1.82) is 0 Å². The van der Waals surface area contributed by atoms with Gasteiger partial charge in [0.05, 0.1) is 13.3 Å². The number of hydrogen-bond acceptors (Lipinski definition) is 4. The molecule has 0 fully saturated rings. The summed E-state index contributed by atoms with van der Waals surface area (Å²) in [6, 6.07) is 5.66. The van der Waals surface area contributed by atoms with Crippen molar-refractivity contribution in [2.24, 2.45) is 0 Å². The lowest BCUT2D eigenvalue weighted by atomic mass is 10.1. The van der Waals surface area contributed by atoms with Crippen molar-refractivity contribution in [2.45, 2.75) is 6.92 Å². The highest BCUT2D eigenvalue weighted by atomic mass is 16.5. The van der Waals surface area contributed by atoms with Crippen molar-refractivity contribution < 1.29 is 9.84 Å². The minimum atomic E-state index is 0.116. The van der Waals surface area contributed by atoms with Gasteiger partial charge in [-0.2, -0.15) is 0 Å². The summed E-state index contributed by atoms with van der Waals surface area (Å²) in [6.45, 7) is 1.96. The van der Waals surface area contributed by atoms with Crippen LogP contribution in [0.3, 0.4) is 0 Å². The summed E-state index contributed by atoms with van der Waals surface area (Å²) in [5, 5.41) is 10.2. The number of aromatic nitrogens is 3. The van der Waals surface area contributed by atoms with E-state index in [4.69, 9.17) is 4.74 Å². The number of methoxy groups -OCH3 is 1. The number of hydrogen-bond donors (Lipinski definition) is 1. The Labute approximate surface area is 110 Å². The third kappa shape index (κ3) is 1.79. The van der Waals surface area contributed by atoms with Crippen LogP contribution in [0.5, 0.6) is 11.6 Å². The molecule has 96 valence electrons. The van der Waals surface area contributed by atoms with Gasteiger partial charge in [-0.05, 0) is 30.7 Å². The quantitative estimate of drug-likeness (QED) is 0.764. The highest BCUT2D eigenvalue weighted by Gasteiger charge is 2.15. The molecule has 3 rings (SSSR count). The lowest BCUT2D eigenvalue weighted by Gasteiger charge is -2.06. The Morgan fingerprint density at radius 1 is 1.32 bits per heavy atom. The number of aryl methyl sites for hydroxylation is 1. The van der Waals surface area contributed by atoms with Crippen LogP contribution < -0.4 is 4.74 Å². The van der Waals surface area contributed by atoms with E-state index in [1.54, 1.807) is 30.1 Å². The molecular formula is C14H13N3O2. The van der Waals surface area contributed by atoms with Gasteiger partial charge >= 0.3 is 0 Å². The van der Waals surface area contributed by atoms with Gasteiger partial charge < -0.3 is 9.84 Å². The Kier molecular flexibility index (Phi) is 2.59. The molecule has 1 N–H and O–H groups in total. The van der Waals surface area contributed by atoms with E-state index in [1.165, 1.54) is 0 Å². The van der Waals surface area contributed by atoms with Crippen LogP contribution in [0.15, 0.2) is 36.8 Å². The van der Waals surface area contributed by atoms with Gasteiger partial charge in [0.25, 0.3) is 0 Å². The second-order valence-electron chi connectivity index (χ2n) is 4.27. The van der Waals surface area contributed by atoms with Crippen molar-refractivity contribution in [2.75, 3.05) is 7.11 Å². The molecule has 5 heteroatoms. The number of aromatic hydroxyl groups is 1. The molecule has 0 bridgehead atoms. The standard InChI is InChI=1S/C14H13N3O2/c1-9-7-10(19-2)3-4-11(9)13-14(18)17-6-5-15-8-12(17)16-13/h3-8,18H,1-2H3. The molecule has 3 aromatic rings. The lowest BCUT2D eigenvalue weighted by molar-refractivity contribution is 0.414. The highest BCUT2D eigenvalue weighted by Crippen LogP contribution is 2.32. The molecule has 0 aliphatic rings. The first-order valence-electron chi connectivity index (χ1n) is 5.87. The van der Waals surface area contributed by atoms with Crippen LogP contribution >= 0.6 is 0 Å². The third-order valence-electron chi connectivity index (χ3n) is 3.09. The van der Waals surface area contributed by atoms with Gasteiger partial charge in [-0.15, -0.1) is 0 Å². The second-order valence-corrected chi connectivity index (χ2v) is 4.27. The van der Waals surface area contributed by atoms with Crippen molar-refractivity contribution in [3.8, 4) is 22.9 Å². The molecule has 0 saturated carbocycles. The van der Waals surface area contributed by atoms with Crippen LogP contribution in [0.25, 0.3) is 16.9 Å². The Bertz CT molecular complexity index is 750. The van der Waals surface area contributed by atoms with Crippen molar-refractivity contribution >= 4 is 5.65 Å².